The van der Waals surface area contributed by atoms with Crippen LogP contribution < -0.4 is 0 Å². The van der Waals surface area contributed by atoms with E-state index >= 15 is 0 Å². The van der Waals surface area contributed by atoms with Crippen molar-refractivity contribution in [3.8, 4) is 0 Å². The predicted octanol–water partition coefficient (Wildman–Crippen LogP) is 1.51. The first kappa shape index (κ1) is 4.31. The maximum Gasteiger partial charge on any atom is -0.0164 e. The molecule has 0 aromatic rings. The molecule has 1 rings (SSSR count). The lowest BCUT2D eigenvalue weighted by Gasteiger charge is -2.01. The fraction of sp³-hybridized carbons (Fsp3) is 0.167. The Morgan fingerprint density at radius 3 is 2.14 bits per heavy atom. The van der Waals surface area contributed by atoms with Gasteiger partial charge in [-0.25, -0.2) is 0 Å². The normalized spacial score (nSPS) is 18.0. The quantitative estimate of drug-likeness (QED) is 0.432. The smallest absolute Gasteiger partial charge is 0.0164 e. The summed E-state index contributed by atoms with van der Waals surface area (Å²) in [6.07, 6.45) is 8.16. The van der Waals surface area contributed by atoms with Gasteiger partial charge in [0.25, 0.3) is 0 Å². The Bertz CT molecular complexity index is 117. The predicted molar refractivity (Wildman–Crippen MR) is 31.3 cm³/mol. The molecule has 1 aliphatic rings. The summed E-state index contributed by atoms with van der Waals surface area (Å²) in [5.41, 5.74) is 0.353. The average molecular weight is 92.1 g/mol. The minimum absolute atomic E-state index is 0.353. The van der Waals surface area contributed by atoms with Crippen LogP contribution in [0.15, 0.2) is 24.3 Å². The zero-order chi connectivity index (χ0) is 5.11. The summed E-state index contributed by atoms with van der Waals surface area (Å²) in [4.78, 5) is 0. The van der Waals surface area contributed by atoms with Gasteiger partial charge in [-0.05, 0) is 6.42 Å². The van der Waals surface area contributed by atoms with Crippen LogP contribution in [0.3, 0.4) is 0 Å². The highest BCUT2D eigenvalue weighted by Crippen LogP contribution is 1.94. The summed E-state index contributed by atoms with van der Waals surface area (Å²) >= 11 is 0. The molecule has 0 fully saturated rings. The van der Waals surface area contributed by atoms with Crippen LogP contribution in [0.1, 0.15) is 6.42 Å². The van der Waals surface area contributed by atoms with Gasteiger partial charge in [-0.3, -0.25) is 0 Å². The topological polar surface area (TPSA) is 22.3 Å². The molecule has 0 N–H and O–H groups in total. The van der Waals surface area contributed by atoms with Gasteiger partial charge in [0.05, 0.1) is 0 Å². The maximum atomic E-state index is 8.65. The van der Waals surface area contributed by atoms with Gasteiger partial charge in [0.15, 0.2) is 0 Å². The van der Waals surface area contributed by atoms with E-state index in [9.17, 15) is 0 Å². The van der Waals surface area contributed by atoms with Gasteiger partial charge in [-0.2, -0.15) is 5.71 Å². The molecule has 0 amide bonds. The van der Waals surface area contributed by atoms with Crippen LogP contribution in [-0.2, 0) is 0 Å². The minimum atomic E-state index is 0.353. The molecule has 7 heavy (non-hydrogen) atoms. The van der Waals surface area contributed by atoms with Crippen molar-refractivity contribution in [3.05, 3.63) is 29.7 Å². The summed E-state index contributed by atoms with van der Waals surface area (Å²) in [5.74, 6) is 0. The van der Waals surface area contributed by atoms with E-state index < -0.39 is 0 Å². The lowest BCUT2D eigenvalue weighted by Crippen LogP contribution is -1.85. The van der Waals surface area contributed by atoms with Crippen molar-refractivity contribution >= 4 is 5.71 Å². The number of rotatable bonds is 0. The summed E-state index contributed by atoms with van der Waals surface area (Å²) in [7, 11) is 0. The van der Waals surface area contributed by atoms with Gasteiger partial charge in [-0.1, -0.05) is 24.3 Å². The Kier molecular flexibility index (Phi) is 1.07. The molecule has 0 aliphatic heterocycles. The van der Waals surface area contributed by atoms with Crippen LogP contribution in [-0.4, -0.2) is 5.71 Å². The summed E-state index contributed by atoms with van der Waals surface area (Å²) in [6, 6.07) is 0. The lowest BCUT2D eigenvalue weighted by atomic mass is 10.2. The van der Waals surface area contributed by atoms with Crippen LogP contribution in [0.4, 0.5) is 0 Å². The molecule has 0 saturated heterocycles. The molecule has 0 aromatic carbocycles. The van der Waals surface area contributed by atoms with Gasteiger partial charge >= 0.3 is 0 Å². The Morgan fingerprint density at radius 2 is 1.86 bits per heavy atom. The molecular formula is C6H6N-. The van der Waals surface area contributed by atoms with E-state index in [1.807, 2.05) is 12.2 Å². The first-order valence-electron chi connectivity index (χ1n) is 2.28. The second-order valence-electron chi connectivity index (χ2n) is 1.47. The van der Waals surface area contributed by atoms with Gasteiger partial charge in [0.1, 0.15) is 0 Å². The van der Waals surface area contributed by atoms with Crippen molar-refractivity contribution in [3.63, 3.8) is 0 Å². The van der Waals surface area contributed by atoms with E-state index in [0.717, 1.165) is 6.42 Å². The summed E-state index contributed by atoms with van der Waals surface area (Å²) < 4.78 is 0. The fourth-order valence-corrected chi connectivity index (χ4v) is 0.512. The van der Waals surface area contributed by atoms with Gasteiger partial charge < -0.3 is 5.41 Å². The van der Waals surface area contributed by atoms with E-state index in [1.54, 1.807) is 12.2 Å². The van der Waals surface area contributed by atoms with Crippen molar-refractivity contribution < 1.29 is 0 Å². The van der Waals surface area contributed by atoms with Crippen molar-refractivity contribution in [2.45, 2.75) is 6.42 Å². The van der Waals surface area contributed by atoms with Crippen molar-refractivity contribution in [2.75, 3.05) is 0 Å². The highest BCUT2D eigenvalue weighted by Gasteiger charge is 1.77. The molecular weight excluding hydrogens is 86.1 g/mol. The number of hydrogen-bond donors (Lipinski definition) is 0. The highest BCUT2D eigenvalue weighted by atomic mass is 14.4. The van der Waals surface area contributed by atoms with E-state index in [-0.39, 0.29) is 0 Å². The largest absolute Gasteiger partial charge is 0.804 e. The summed E-state index contributed by atoms with van der Waals surface area (Å²) in [6.45, 7) is 0. The van der Waals surface area contributed by atoms with Gasteiger partial charge in [0, 0.05) is 0 Å². The average Bonchev–Trinajstić information content (AvgIpc) is 1.69. The van der Waals surface area contributed by atoms with Crippen molar-refractivity contribution in [2.24, 2.45) is 0 Å². The molecule has 1 heteroatoms. The fourth-order valence-electron chi connectivity index (χ4n) is 0.512. The molecule has 0 unspecified atom stereocenters. The highest BCUT2D eigenvalue weighted by molar-refractivity contribution is 6.06. The Labute approximate surface area is 42.9 Å². The molecule has 0 saturated carbocycles. The third-order valence-electron chi connectivity index (χ3n) is 0.849. The molecule has 0 bridgehead atoms. The first-order valence-corrected chi connectivity index (χ1v) is 2.28. The van der Waals surface area contributed by atoms with E-state index in [0.29, 0.717) is 5.71 Å². The minimum Gasteiger partial charge on any atom is -0.804 e. The monoisotopic (exact) mass is 92.1 g/mol. The van der Waals surface area contributed by atoms with E-state index in [2.05, 4.69) is 0 Å². The SMILES string of the molecule is [N-]=C1C=CCC=C1. The van der Waals surface area contributed by atoms with Crippen LogP contribution in [0, 0.1) is 0 Å². The number of allylic oxidation sites excluding steroid dienone is 4. The summed E-state index contributed by atoms with van der Waals surface area (Å²) in [5, 5.41) is 8.65. The second kappa shape index (κ2) is 1.73. The van der Waals surface area contributed by atoms with Crippen LogP contribution in [0.25, 0.3) is 5.41 Å². The van der Waals surface area contributed by atoms with E-state index in [4.69, 9.17) is 5.41 Å². The molecule has 0 spiro atoms. The Hall–Kier alpha value is -0.850. The zero-order valence-electron chi connectivity index (χ0n) is 3.96. The molecule has 1 aliphatic carbocycles. The second-order valence-corrected chi connectivity index (χ2v) is 1.47. The zero-order valence-corrected chi connectivity index (χ0v) is 3.96. The van der Waals surface area contributed by atoms with Crippen molar-refractivity contribution in [1.29, 1.82) is 0 Å². The molecule has 1 nitrogen and oxygen atoms in total. The van der Waals surface area contributed by atoms with Gasteiger partial charge in [0.2, 0.25) is 0 Å². The third-order valence-corrected chi connectivity index (χ3v) is 0.849. The number of nitrogens with zero attached hydrogens (tertiary/aromatic N) is 1. The van der Waals surface area contributed by atoms with Crippen LogP contribution in [0.2, 0.25) is 0 Å². The molecule has 0 heterocycles. The molecule has 0 aromatic heterocycles. The maximum absolute atomic E-state index is 8.65. The van der Waals surface area contributed by atoms with Crippen LogP contribution in [0.5, 0.6) is 0 Å². The molecule has 0 radical (unpaired) electrons. The van der Waals surface area contributed by atoms with Crippen LogP contribution >= 0.6 is 0 Å². The molecule has 36 valence electrons. The Morgan fingerprint density at radius 1 is 1.29 bits per heavy atom. The standard InChI is InChI=1S/C6H6N/c7-6-4-2-1-3-5-6/h2-5H,1H2/q-1. The third kappa shape index (κ3) is 1.000. The Balaban J connectivity index is 2.66. The first-order chi connectivity index (χ1) is 3.39. The van der Waals surface area contributed by atoms with Crippen molar-refractivity contribution in [1.82, 2.24) is 0 Å². The molecule has 0 atom stereocenters. The lowest BCUT2D eigenvalue weighted by molar-refractivity contribution is 1.39. The number of hydrogen-bond acceptors (Lipinski definition) is 0. The van der Waals surface area contributed by atoms with Gasteiger partial charge in [-0.15, -0.1) is 0 Å². The van der Waals surface area contributed by atoms with E-state index in [1.165, 1.54) is 0 Å².